The molecule has 0 aliphatic carbocycles. The van der Waals surface area contributed by atoms with E-state index in [4.69, 9.17) is 18.9 Å². The number of hydrogen-bond acceptors (Lipinski definition) is 6. The van der Waals surface area contributed by atoms with Gasteiger partial charge in [0.25, 0.3) is 5.91 Å². The highest BCUT2D eigenvalue weighted by Crippen LogP contribution is 2.19. The second-order valence-corrected chi connectivity index (χ2v) is 10.4. The Hall–Kier alpha value is -5.56. The van der Waals surface area contributed by atoms with E-state index >= 15 is 0 Å². The van der Waals surface area contributed by atoms with Crippen molar-refractivity contribution in [3.63, 3.8) is 0 Å². The number of esters is 1. The molecule has 0 saturated carbocycles. The van der Waals surface area contributed by atoms with Crippen molar-refractivity contribution in [2.75, 3.05) is 7.11 Å². The molecule has 7 heteroatoms. The van der Waals surface area contributed by atoms with Crippen molar-refractivity contribution >= 4 is 11.9 Å². The van der Waals surface area contributed by atoms with Crippen molar-refractivity contribution in [3.8, 4) is 17.2 Å². The average Bonchev–Trinajstić information content (AvgIpc) is 3.10. The van der Waals surface area contributed by atoms with Crippen LogP contribution in [0.1, 0.15) is 32.6 Å². The third-order valence-corrected chi connectivity index (χ3v) is 7.08. The maximum absolute atomic E-state index is 13.2. The normalized spacial score (nSPS) is 11.2. The monoisotopic (exact) mass is 601 g/mol. The van der Waals surface area contributed by atoms with Crippen LogP contribution >= 0.6 is 0 Å². The van der Waals surface area contributed by atoms with Gasteiger partial charge in [0.15, 0.2) is 0 Å². The number of hydrogen-bond donors (Lipinski definition) is 1. The zero-order valence-electron chi connectivity index (χ0n) is 25.1. The Morgan fingerprint density at radius 2 is 1.04 bits per heavy atom. The summed E-state index contributed by atoms with van der Waals surface area (Å²) < 4.78 is 22.6. The van der Waals surface area contributed by atoms with E-state index in [2.05, 4.69) is 5.32 Å². The molecule has 0 fully saturated rings. The third kappa shape index (κ3) is 9.46. The molecule has 45 heavy (non-hydrogen) atoms. The van der Waals surface area contributed by atoms with E-state index in [1.807, 2.05) is 109 Å². The fraction of sp³-hybridized carbons (Fsp3) is 0.158. The summed E-state index contributed by atoms with van der Waals surface area (Å²) in [5, 5.41) is 2.81. The number of carbonyl (C=O) groups is 2. The first-order valence-electron chi connectivity index (χ1n) is 14.7. The Morgan fingerprint density at radius 1 is 0.556 bits per heavy atom. The highest BCUT2D eigenvalue weighted by molar-refractivity contribution is 5.97. The zero-order chi connectivity index (χ0) is 31.3. The molecule has 1 amide bonds. The van der Waals surface area contributed by atoms with Crippen molar-refractivity contribution < 1.29 is 28.5 Å². The van der Waals surface area contributed by atoms with Gasteiger partial charge >= 0.3 is 5.97 Å². The van der Waals surface area contributed by atoms with Gasteiger partial charge in [0.1, 0.15) is 43.1 Å². The quantitative estimate of drug-likeness (QED) is 0.139. The molecule has 5 rings (SSSR count). The van der Waals surface area contributed by atoms with Gasteiger partial charge in [-0.05, 0) is 64.7 Å². The fourth-order valence-electron chi connectivity index (χ4n) is 4.59. The van der Waals surface area contributed by atoms with E-state index in [-0.39, 0.29) is 6.42 Å². The van der Waals surface area contributed by atoms with Gasteiger partial charge in [-0.3, -0.25) is 4.79 Å². The summed E-state index contributed by atoms with van der Waals surface area (Å²) in [7, 11) is 1.30. The van der Waals surface area contributed by atoms with Gasteiger partial charge in [0.05, 0.1) is 7.11 Å². The van der Waals surface area contributed by atoms with Gasteiger partial charge in [-0.25, -0.2) is 4.79 Å². The molecule has 0 aromatic heterocycles. The van der Waals surface area contributed by atoms with Gasteiger partial charge in [-0.15, -0.1) is 0 Å². The second kappa shape index (κ2) is 15.8. The van der Waals surface area contributed by atoms with Gasteiger partial charge in [-0.1, -0.05) is 91.0 Å². The highest BCUT2D eigenvalue weighted by Gasteiger charge is 2.23. The van der Waals surface area contributed by atoms with Gasteiger partial charge in [0.2, 0.25) is 0 Å². The molecule has 0 aliphatic rings. The number of methoxy groups -OCH3 is 1. The lowest BCUT2D eigenvalue weighted by molar-refractivity contribution is -0.142. The van der Waals surface area contributed by atoms with Crippen molar-refractivity contribution in [2.45, 2.75) is 32.3 Å². The minimum absolute atomic E-state index is 0.263. The molecule has 0 spiro atoms. The first-order valence-corrected chi connectivity index (χ1v) is 14.7. The van der Waals surface area contributed by atoms with E-state index in [1.54, 1.807) is 24.3 Å². The predicted molar refractivity (Wildman–Crippen MR) is 172 cm³/mol. The van der Waals surface area contributed by atoms with Gasteiger partial charge < -0.3 is 24.3 Å². The molecule has 1 N–H and O–H groups in total. The minimum Gasteiger partial charge on any atom is -0.489 e. The molecule has 0 radical (unpaired) electrons. The maximum Gasteiger partial charge on any atom is 0.328 e. The standard InChI is InChI=1S/C38H35NO6/c1-42-38(41)36(23-28-15-19-33(20-16-28)43-25-29-9-4-2-5-10-29)39-37(40)32-13-8-14-35(24-32)45-27-31-17-21-34(22-18-31)44-26-30-11-6-3-7-12-30/h2-22,24,36H,23,25-27H2,1H3,(H,39,40)/t36-/m0/s1. The number of ether oxygens (including phenoxy) is 4. The zero-order valence-corrected chi connectivity index (χ0v) is 25.1. The van der Waals surface area contributed by atoms with Gasteiger partial charge in [-0.2, -0.15) is 0 Å². The predicted octanol–water partition coefficient (Wildman–Crippen LogP) is 6.94. The third-order valence-electron chi connectivity index (χ3n) is 7.08. The topological polar surface area (TPSA) is 83.1 Å². The number of benzene rings is 5. The molecular weight excluding hydrogens is 566 g/mol. The Bertz CT molecular complexity index is 1660. The summed E-state index contributed by atoms with van der Waals surface area (Å²) in [5.74, 6) is 1.09. The molecule has 228 valence electrons. The van der Waals surface area contributed by atoms with Crippen LogP contribution in [0.4, 0.5) is 0 Å². The minimum atomic E-state index is -0.870. The first-order chi connectivity index (χ1) is 22.1. The summed E-state index contributed by atoms with van der Waals surface area (Å²) in [5.41, 5.74) is 4.36. The first kappa shape index (κ1) is 30.9. The maximum atomic E-state index is 13.2. The summed E-state index contributed by atoms with van der Waals surface area (Å²) in [6.45, 7) is 1.28. The second-order valence-electron chi connectivity index (χ2n) is 10.4. The summed E-state index contributed by atoms with van der Waals surface area (Å²) in [6, 6.07) is 41.0. The van der Waals surface area contributed by atoms with Crippen LogP contribution in [0.3, 0.4) is 0 Å². The van der Waals surface area contributed by atoms with Crippen LogP contribution in [0, 0.1) is 0 Å². The molecule has 7 nitrogen and oxygen atoms in total. The Morgan fingerprint density at radius 3 is 1.58 bits per heavy atom. The summed E-state index contributed by atoms with van der Waals surface area (Å²) in [6.07, 6.45) is 0.263. The van der Waals surface area contributed by atoms with Crippen LogP contribution in [0.2, 0.25) is 0 Å². The molecule has 0 saturated heterocycles. The van der Waals surface area contributed by atoms with Crippen molar-refractivity contribution in [1.29, 1.82) is 0 Å². The Kier molecular flexibility index (Phi) is 10.8. The van der Waals surface area contributed by atoms with Crippen LogP contribution in [0.15, 0.2) is 133 Å². The molecule has 0 bridgehead atoms. The molecule has 0 heterocycles. The molecular formula is C38H35NO6. The number of rotatable bonds is 14. The van der Waals surface area contributed by atoms with E-state index in [0.717, 1.165) is 28.0 Å². The lowest BCUT2D eigenvalue weighted by atomic mass is 10.0. The molecule has 5 aromatic carbocycles. The van der Waals surface area contributed by atoms with Crippen LogP contribution in [0.25, 0.3) is 0 Å². The summed E-state index contributed by atoms with van der Waals surface area (Å²) >= 11 is 0. The number of carbonyl (C=O) groups excluding carboxylic acids is 2. The van der Waals surface area contributed by atoms with E-state index in [0.29, 0.717) is 36.9 Å². The van der Waals surface area contributed by atoms with E-state index < -0.39 is 17.9 Å². The lowest BCUT2D eigenvalue weighted by Gasteiger charge is -2.17. The highest BCUT2D eigenvalue weighted by atomic mass is 16.5. The number of amides is 1. The van der Waals surface area contributed by atoms with E-state index in [1.165, 1.54) is 7.11 Å². The summed E-state index contributed by atoms with van der Waals surface area (Å²) in [4.78, 5) is 25.7. The number of nitrogens with one attached hydrogen (secondary N) is 1. The van der Waals surface area contributed by atoms with Crippen molar-refractivity contribution in [3.05, 3.63) is 161 Å². The Balaban J connectivity index is 1.13. The van der Waals surface area contributed by atoms with Crippen molar-refractivity contribution in [1.82, 2.24) is 5.32 Å². The fourth-order valence-corrected chi connectivity index (χ4v) is 4.59. The molecule has 0 unspecified atom stereocenters. The molecule has 0 aliphatic heterocycles. The van der Waals surface area contributed by atoms with Crippen LogP contribution in [-0.4, -0.2) is 25.0 Å². The molecule has 5 aromatic rings. The largest absolute Gasteiger partial charge is 0.489 e. The average molecular weight is 602 g/mol. The van der Waals surface area contributed by atoms with Crippen LogP contribution in [0.5, 0.6) is 17.2 Å². The van der Waals surface area contributed by atoms with Crippen molar-refractivity contribution in [2.24, 2.45) is 0 Å². The lowest BCUT2D eigenvalue weighted by Crippen LogP contribution is -2.43. The van der Waals surface area contributed by atoms with E-state index in [9.17, 15) is 9.59 Å². The SMILES string of the molecule is COC(=O)[C@H](Cc1ccc(OCc2ccccc2)cc1)NC(=O)c1cccc(OCc2ccc(OCc3ccccc3)cc2)c1. The van der Waals surface area contributed by atoms with Gasteiger partial charge in [0, 0.05) is 12.0 Å². The van der Waals surface area contributed by atoms with Crippen LogP contribution in [-0.2, 0) is 35.8 Å². The van der Waals surface area contributed by atoms with Crippen LogP contribution < -0.4 is 19.5 Å². The smallest absolute Gasteiger partial charge is 0.328 e. The molecule has 1 atom stereocenters. The Labute approximate surface area is 263 Å².